The van der Waals surface area contributed by atoms with Crippen molar-refractivity contribution in [2.75, 3.05) is 39.6 Å². The summed E-state index contributed by atoms with van der Waals surface area (Å²) in [6.45, 7) is 9.60. The first-order valence-corrected chi connectivity index (χ1v) is 44.9. The Bertz CT molecular complexity index is 2040. The number of carbonyl (C=O) groups excluding carboxylic acids is 4. The third-order valence-electron chi connectivity index (χ3n) is 19.3. The fourth-order valence-electron chi connectivity index (χ4n) is 12.1. The highest BCUT2D eigenvalue weighted by Gasteiger charge is 2.30. The van der Waals surface area contributed by atoms with E-state index >= 15 is 0 Å². The molecule has 19 heteroatoms. The van der Waals surface area contributed by atoms with Crippen molar-refractivity contribution in [1.29, 1.82) is 0 Å². The number of allylic oxidation sites excluding steroid dienone is 4. The third kappa shape index (κ3) is 72.9. The molecule has 17 nitrogen and oxygen atoms in total. The van der Waals surface area contributed by atoms with Gasteiger partial charge in [-0.2, -0.15) is 0 Å². The second-order valence-electron chi connectivity index (χ2n) is 29.3. The summed E-state index contributed by atoms with van der Waals surface area (Å²) in [4.78, 5) is 73.0. The molecule has 0 heterocycles. The third-order valence-corrected chi connectivity index (χ3v) is 21.2. The van der Waals surface area contributed by atoms with E-state index in [-0.39, 0.29) is 25.7 Å². The SMILES string of the molecule is CCCCCC/C=C\C=C/CCCCCCCC(=O)OC[C@H](COP(=O)(O)OC[C@@H](O)COP(=O)(O)OC[C@@H](COC(=O)CCCCCCCCC(C)CC)OC(=O)CCCCCCCCCCCCCCCC)OC(=O)CCCCCCCCCCCCCCCCCCCCC(C)CC. The summed E-state index contributed by atoms with van der Waals surface area (Å²) in [6.07, 6.45) is 66.0. The highest BCUT2D eigenvalue weighted by atomic mass is 31.2. The van der Waals surface area contributed by atoms with E-state index in [0.29, 0.717) is 25.7 Å². The molecule has 0 aromatic heterocycles. The predicted molar refractivity (Wildman–Crippen MR) is 414 cm³/mol. The zero-order valence-corrected chi connectivity index (χ0v) is 67.5. The number of rotatable bonds is 79. The van der Waals surface area contributed by atoms with Gasteiger partial charge < -0.3 is 33.8 Å². The Morgan fingerprint density at radius 2 is 0.554 bits per heavy atom. The van der Waals surface area contributed by atoms with Crippen molar-refractivity contribution < 1.29 is 80.2 Å². The normalized spacial score (nSPS) is 14.6. The Morgan fingerprint density at radius 1 is 0.317 bits per heavy atom. The molecule has 4 unspecified atom stereocenters. The van der Waals surface area contributed by atoms with Gasteiger partial charge in [0.1, 0.15) is 19.3 Å². The molecule has 0 saturated heterocycles. The van der Waals surface area contributed by atoms with Gasteiger partial charge in [0.15, 0.2) is 12.2 Å². The lowest BCUT2D eigenvalue weighted by molar-refractivity contribution is -0.161. The number of ether oxygens (including phenoxy) is 4. The number of hydrogen-bond donors (Lipinski definition) is 3. The molecule has 3 N–H and O–H groups in total. The van der Waals surface area contributed by atoms with Crippen LogP contribution in [0.25, 0.3) is 0 Å². The molecule has 0 amide bonds. The van der Waals surface area contributed by atoms with Crippen molar-refractivity contribution in [3.63, 3.8) is 0 Å². The minimum Gasteiger partial charge on any atom is -0.462 e. The standard InChI is InChI=1S/C82H156O17P2/c1-7-11-13-15-17-19-21-23-29-34-37-41-45-52-58-64-79(84)92-70-77(98-81(86)67-61-55-47-43-39-35-31-28-26-25-27-30-32-36-40-44-50-56-62-74(5)9-3)72-96-100(88,89)94-68-76(83)69-95-101(90,91)97-73-78(71-93-80(85)65-59-53-49-48-51-57-63-75(6)10-4)99-82(87)66-60-54-46-42-38-33-24-22-20-18-16-14-12-8-2/h19,21,23,29,74-78,83H,7-18,20,22,24-28,30-73H2,1-6H3,(H,88,89)(H,90,91)/b21-19-,29-23-/t74?,75?,76-,77-,78-/m1/s1. The van der Waals surface area contributed by atoms with Crippen LogP contribution in [0.15, 0.2) is 24.3 Å². The molecule has 101 heavy (non-hydrogen) atoms. The lowest BCUT2D eigenvalue weighted by atomic mass is 9.99. The molecule has 0 fully saturated rings. The maximum absolute atomic E-state index is 13.1. The van der Waals surface area contributed by atoms with Gasteiger partial charge in [-0.05, 0) is 63.2 Å². The van der Waals surface area contributed by atoms with Gasteiger partial charge in [0.25, 0.3) is 0 Å². The van der Waals surface area contributed by atoms with E-state index < -0.39 is 97.5 Å². The molecule has 0 aliphatic carbocycles. The number of aliphatic hydroxyl groups excluding tert-OH is 1. The Labute approximate surface area is 618 Å². The van der Waals surface area contributed by atoms with Crippen molar-refractivity contribution in [2.24, 2.45) is 11.8 Å². The Balaban J connectivity index is 5.25. The van der Waals surface area contributed by atoms with Crippen LogP contribution in [0, 0.1) is 11.8 Å². The predicted octanol–water partition coefficient (Wildman–Crippen LogP) is 24.2. The highest BCUT2D eigenvalue weighted by Crippen LogP contribution is 2.45. The maximum atomic E-state index is 13.1. The lowest BCUT2D eigenvalue weighted by Crippen LogP contribution is -2.30. The maximum Gasteiger partial charge on any atom is 0.472 e. The van der Waals surface area contributed by atoms with Crippen molar-refractivity contribution in [3.8, 4) is 0 Å². The van der Waals surface area contributed by atoms with E-state index in [9.17, 15) is 43.2 Å². The van der Waals surface area contributed by atoms with Crippen LogP contribution >= 0.6 is 15.6 Å². The van der Waals surface area contributed by atoms with Crippen molar-refractivity contribution in [3.05, 3.63) is 24.3 Å². The van der Waals surface area contributed by atoms with Crippen LogP contribution in [0.3, 0.4) is 0 Å². The average Bonchev–Trinajstić information content (AvgIpc) is 0.943. The van der Waals surface area contributed by atoms with Gasteiger partial charge in [-0.3, -0.25) is 37.3 Å². The van der Waals surface area contributed by atoms with Gasteiger partial charge in [0, 0.05) is 25.7 Å². The molecule has 7 atom stereocenters. The first kappa shape index (κ1) is 98.5. The van der Waals surface area contributed by atoms with E-state index in [1.54, 1.807) is 0 Å². The number of phosphoric acid groups is 2. The summed E-state index contributed by atoms with van der Waals surface area (Å²) in [5.74, 6) is -0.540. The summed E-state index contributed by atoms with van der Waals surface area (Å²) in [5, 5.41) is 10.6. The molecule has 0 aromatic carbocycles. The first-order valence-electron chi connectivity index (χ1n) is 41.9. The van der Waals surface area contributed by atoms with Crippen LogP contribution in [0.4, 0.5) is 0 Å². The van der Waals surface area contributed by atoms with Crippen LogP contribution < -0.4 is 0 Å². The monoisotopic (exact) mass is 1480 g/mol. The van der Waals surface area contributed by atoms with Gasteiger partial charge >= 0.3 is 39.5 Å². The number of aliphatic hydroxyl groups is 1. The zero-order valence-electron chi connectivity index (χ0n) is 65.7. The largest absolute Gasteiger partial charge is 0.472 e. The topological polar surface area (TPSA) is 237 Å². The van der Waals surface area contributed by atoms with E-state index in [4.69, 9.17) is 37.0 Å². The molecular formula is C82H156O17P2. The molecule has 0 aliphatic heterocycles. The van der Waals surface area contributed by atoms with Crippen LogP contribution in [0.2, 0.25) is 0 Å². The summed E-state index contributed by atoms with van der Waals surface area (Å²) < 4.78 is 68.7. The minimum atomic E-state index is -4.97. The number of hydrogen-bond acceptors (Lipinski definition) is 15. The molecule has 0 rings (SSSR count). The molecular weight excluding hydrogens is 1320 g/mol. The summed E-state index contributed by atoms with van der Waals surface area (Å²) >= 11 is 0. The van der Waals surface area contributed by atoms with Crippen molar-refractivity contribution in [1.82, 2.24) is 0 Å². The van der Waals surface area contributed by atoms with Gasteiger partial charge in [-0.15, -0.1) is 0 Å². The molecule has 0 aromatic rings. The van der Waals surface area contributed by atoms with Gasteiger partial charge in [0.05, 0.1) is 26.4 Å². The highest BCUT2D eigenvalue weighted by molar-refractivity contribution is 7.47. The lowest BCUT2D eigenvalue weighted by Gasteiger charge is -2.21. The fourth-order valence-corrected chi connectivity index (χ4v) is 13.7. The van der Waals surface area contributed by atoms with Crippen LogP contribution in [-0.4, -0.2) is 96.7 Å². The van der Waals surface area contributed by atoms with E-state index in [1.807, 2.05) is 0 Å². The Kier molecular flexibility index (Phi) is 71.3. The Morgan fingerprint density at radius 3 is 0.842 bits per heavy atom. The average molecular weight is 1480 g/mol. The smallest absolute Gasteiger partial charge is 0.462 e. The van der Waals surface area contributed by atoms with Crippen LogP contribution in [-0.2, 0) is 65.4 Å². The first-order chi connectivity index (χ1) is 48.9. The van der Waals surface area contributed by atoms with E-state index in [0.717, 1.165) is 127 Å². The van der Waals surface area contributed by atoms with Gasteiger partial charge in [-0.1, -0.05) is 355 Å². The number of phosphoric ester groups is 2. The minimum absolute atomic E-state index is 0.101. The quantitative estimate of drug-likeness (QED) is 0.0169. The number of unbranched alkanes of at least 4 members (excludes halogenated alkanes) is 44. The van der Waals surface area contributed by atoms with Gasteiger partial charge in [0.2, 0.25) is 0 Å². The molecule has 0 bridgehead atoms. The van der Waals surface area contributed by atoms with E-state index in [2.05, 4.69) is 65.8 Å². The van der Waals surface area contributed by atoms with Crippen LogP contribution in [0.5, 0.6) is 0 Å². The second kappa shape index (κ2) is 73.1. The van der Waals surface area contributed by atoms with Gasteiger partial charge in [-0.25, -0.2) is 9.13 Å². The fraction of sp³-hybridized carbons (Fsp3) is 0.902. The van der Waals surface area contributed by atoms with E-state index in [1.165, 1.54) is 199 Å². The molecule has 0 spiro atoms. The summed E-state index contributed by atoms with van der Waals surface area (Å²) in [5.41, 5.74) is 0. The Hall–Kier alpha value is -2.46. The van der Waals surface area contributed by atoms with Crippen LogP contribution in [0.1, 0.15) is 408 Å². The summed E-state index contributed by atoms with van der Waals surface area (Å²) in [6, 6.07) is 0. The second-order valence-corrected chi connectivity index (χ2v) is 32.2. The number of carbonyl (C=O) groups is 4. The number of esters is 4. The van der Waals surface area contributed by atoms with Crippen molar-refractivity contribution in [2.45, 2.75) is 426 Å². The summed E-state index contributed by atoms with van der Waals surface area (Å²) in [7, 11) is -9.93. The molecule has 0 saturated carbocycles. The molecule has 0 aliphatic rings. The zero-order chi connectivity index (χ0) is 74.2. The molecule has 596 valence electrons. The van der Waals surface area contributed by atoms with Crippen molar-refractivity contribution >= 4 is 39.5 Å². The molecule has 0 radical (unpaired) electrons.